The maximum atomic E-state index is 13.5. The summed E-state index contributed by atoms with van der Waals surface area (Å²) in [7, 11) is 0. The molecule has 0 radical (unpaired) electrons. The SMILES string of the molecule is Cc1cc(C(=O)N2CCC(C3OCCO3)CC2)c2ccc(F)cc2n1. The molecule has 1 aromatic carbocycles. The number of carbonyl (C=O) groups excluding carboxylic acids is 1. The number of fused-ring (bicyclic) bond motifs is 1. The average Bonchev–Trinajstić information content (AvgIpc) is 3.15. The highest BCUT2D eigenvalue weighted by Crippen LogP contribution is 2.28. The van der Waals surface area contributed by atoms with Gasteiger partial charge in [-0.1, -0.05) is 0 Å². The molecule has 0 N–H and O–H groups in total. The summed E-state index contributed by atoms with van der Waals surface area (Å²) in [6.45, 7) is 4.49. The Hall–Kier alpha value is -2.05. The van der Waals surface area contributed by atoms with Gasteiger partial charge < -0.3 is 14.4 Å². The van der Waals surface area contributed by atoms with Crippen molar-refractivity contribution in [1.82, 2.24) is 9.88 Å². The summed E-state index contributed by atoms with van der Waals surface area (Å²) < 4.78 is 24.7. The number of hydrogen-bond acceptors (Lipinski definition) is 4. The number of carbonyl (C=O) groups is 1. The van der Waals surface area contributed by atoms with Crippen LogP contribution >= 0.6 is 0 Å². The van der Waals surface area contributed by atoms with E-state index in [1.54, 1.807) is 12.1 Å². The summed E-state index contributed by atoms with van der Waals surface area (Å²) in [5, 5.41) is 0.696. The third-order valence-corrected chi connectivity index (χ3v) is 4.99. The van der Waals surface area contributed by atoms with Gasteiger partial charge in [-0.25, -0.2) is 4.39 Å². The molecule has 0 spiro atoms. The Labute approximate surface area is 145 Å². The third kappa shape index (κ3) is 3.24. The molecule has 2 aliphatic rings. The first kappa shape index (κ1) is 16.4. The fraction of sp³-hybridized carbons (Fsp3) is 0.474. The van der Waals surface area contributed by atoms with Crippen molar-refractivity contribution in [3.05, 3.63) is 41.3 Å². The highest BCUT2D eigenvalue weighted by Gasteiger charge is 2.32. The molecule has 2 fully saturated rings. The molecule has 5 nitrogen and oxygen atoms in total. The van der Waals surface area contributed by atoms with Crippen molar-refractivity contribution in [3.63, 3.8) is 0 Å². The van der Waals surface area contributed by atoms with Crippen molar-refractivity contribution in [1.29, 1.82) is 0 Å². The van der Waals surface area contributed by atoms with Gasteiger partial charge in [0.15, 0.2) is 6.29 Å². The minimum atomic E-state index is -0.346. The van der Waals surface area contributed by atoms with E-state index in [9.17, 15) is 9.18 Å². The normalized spacial score (nSPS) is 19.7. The Morgan fingerprint density at radius 3 is 2.64 bits per heavy atom. The Bertz CT molecular complexity index is 791. The fourth-order valence-electron chi connectivity index (χ4n) is 3.70. The highest BCUT2D eigenvalue weighted by atomic mass is 19.1. The number of ether oxygens (including phenoxy) is 2. The second-order valence-corrected chi connectivity index (χ2v) is 6.71. The van der Waals surface area contributed by atoms with E-state index in [-0.39, 0.29) is 18.0 Å². The Balaban J connectivity index is 1.54. The first-order valence-corrected chi connectivity index (χ1v) is 8.71. The number of aryl methyl sites for hydroxylation is 1. The van der Waals surface area contributed by atoms with Crippen LogP contribution in [-0.4, -0.2) is 48.4 Å². The van der Waals surface area contributed by atoms with Gasteiger partial charge in [-0.05, 0) is 38.0 Å². The van der Waals surface area contributed by atoms with E-state index >= 15 is 0 Å². The molecule has 0 atom stereocenters. The molecule has 0 saturated carbocycles. The number of nitrogens with zero attached hydrogens (tertiary/aromatic N) is 2. The van der Waals surface area contributed by atoms with Crippen LogP contribution in [0.25, 0.3) is 10.9 Å². The van der Waals surface area contributed by atoms with Crippen LogP contribution in [0.1, 0.15) is 28.9 Å². The van der Waals surface area contributed by atoms with Gasteiger partial charge in [-0.3, -0.25) is 9.78 Å². The van der Waals surface area contributed by atoms with Gasteiger partial charge in [0, 0.05) is 36.2 Å². The smallest absolute Gasteiger partial charge is 0.254 e. The van der Waals surface area contributed by atoms with Crippen molar-refractivity contribution < 1.29 is 18.7 Å². The molecule has 3 heterocycles. The van der Waals surface area contributed by atoms with E-state index in [1.165, 1.54) is 12.1 Å². The van der Waals surface area contributed by atoms with Crippen LogP contribution < -0.4 is 0 Å². The van der Waals surface area contributed by atoms with Gasteiger partial charge in [-0.2, -0.15) is 0 Å². The number of halogens is 1. The number of likely N-dealkylation sites (tertiary alicyclic amines) is 1. The van der Waals surface area contributed by atoms with E-state index in [4.69, 9.17) is 9.47 Å². The van der Waals surface area contributed by atoms with Crippen LogP contribution in [-0.2, 0) is 9.47 Å². The quantitative estimate of drug-likeness (QED) is 0.841. The summed E-state index contributed by atoms with van der Waals surface area (Å²) in [4.78, 5) is 19.2. The van der Waals surface area contributed by atoms with Crippen molar-refractivity contribution in [2.24, 2.45) is 5.92 Å². The van der Waals surface area contributed by atoms with E-state index in [2.05, 4.69) is 4.98 Å². The molecule has 25 heavy (non-hydrogen) atoms. The molecule has 2 saturated heterocycles. The van der Waals surface area contributed by atoms with Crippen LogP contribution in [0.3, 0.4) is 0 Å². The van der Waals surface area contributed by atoms with E-state index < -0.39 is 0 Å². The molecule has 2 aromatic rings. The molecule has 0 aliphatic carbocycles. The lowest BCUT2D eigenvalue weighted by Crippen LogP contribution is -2.41. The lowest BCUT2D eigenvalue weighted by Gasteiger charge is -2.34. The number of aromatic nitrogens is 1. The van der Waals surface area contributed by atoms with Crippen molar-refractivity contribution in [2.45, 2.75) is 26.1 Å². The summed E-state index contributed by atoms with van der Waals surface area (Å²) in [6.07, 6.45) is 1.62. The van der Waals surface area contributed by atoms with Gasteiger partial charge >= 0.3 is 0 Å². The zero-order chi connectivity index (χ0) is 17.4. The van der Waals surface area contributed by atoms with E-state index in [0.29, 0.717) is 54.4 Å². The van der Waals surface area contributed by atoms with Crippen molar-refractivity contribution in [3.8, 4) is 0 Å². The van der Waals surface area contributed by atoms with E-state index in [1.807, 2.05) is 11.8 Å². The number of amides is 1. The lowest BCUT2D eigenvalue weighted by molar-refractivity contribution is -0.0956. The molecule has 1 amide bonds. The maximum Gasteiger partial charge on any atom is 0.254 e. The van der Waals surface area contributed by atoms with Crippen LogP contribution in [0, 0.1) is 18.7 Å². The first-order chi connectivity index (χ1) is 12.1. The lowest BCUT2D eigenvalue weighted by atomic mass is 9.95. The standard InChI is InChI=1S/C19H21FN2O3/c1-12-10-16(15-3-2-14(20)11-17(15)21-12)18(23)22-6-4-13(5-7-22)19-24-8-9-25-19/h2-3,10-11,13,19H,4-9H2,1H3. The number of piperidine rings is 1. The van der Waals surface area contributed by atoms with Crippen LogP contribution in [0.4, 0.5) is 4.39 Å². The predicted molar refractivity (Wildman–Crippen MR) is 90.8 cm³/mol. The predicted octanol–water partition coefficient (Wildman–Crippen LogP) is 2.91. The second kappa shape index (κ2) is 6.69. The zero-order valence-corrected chi connectivity index (χ0v) is 14.2. The van der Waals surface area contributed by atoms with Gasteiger partial charge in [-0.15, -0.1) is 0 Å². The molecule has 132 valence electrons. The van der Waals surface area contributed by atoms with E-state index in [0.717, 1.165) is 12.8 Å². The minimum absolute atomic E-state index is 0.0196. The molecular weight excluding hydrogens is 323 g/mol. The van der Waals surface area contributed by atoms with Gasteiger partial charge in [0.1, 0.15) is 5.82 Å². The second-order valence-electron chi connectivity index (χ2n) is 6.71. The van der Waals surface area contributed by atoms with Crippen LogP contribution in [0.5, 0.6) is 0 Å². The van der Waals surface area contributed by atoms with Crippen molar-refractivity contribution >= 4 is 16.8 Å². The van der Waals surface area contributed by atoms with Gasteiger partial charge in [0.2, 0.25) is 0 Å². The van der Waals surface area contributed by atoms with Crippen molar-refractivity contribution in [2.75, 3.05) is 26.3 Å². The third-order valence-electron chi connectivity index (χ3n) is 4.99. The molecular formula is C19H21FN2O3. The summed E-state index contributed by atoms with van der Waals surface area (Å²) >= 11 is 0. The Morgan fingerprint density at radius 1 is 1.20 bits per heavy atom. The molecule has 0 unspecified atom stereocenters. The summed E-state index contributed by atoms with van der Waals surface area (Å²) in [5.41, 5.74) is 1.82. The molecule has 4 rings (SSSR count). The van der Waals surface area contributed by atoms with Crippen LogP contribution in [0.2, 0.25) is 0 Å². The molecule has 6 heteroatoms. The molecule has 1 aromatic heterocycles. The van der Waals surface area contributed by atoms with Gasteiger partial charge in [0.05, 0.1) is 24.3 Å². The topological polar surface area (TPSA) is 51.7 Å². The summed E-state index contributed by atoms with van der Waals surface area (Å²) in [5.74, 6) is -0.0215. The molecule has 2 aliphatic heterocycles. The fourth-order valence-corrected chi connectivity index (χ4v) is 3.70. The number of benzene rings is 1. The minimum Gasteiger partial charge on any atom is -0.350 e. The molecule has 0 bridgehead atoms. The number of hydrogen-bond donors (Lipinski definition) is 0. The van der Waals surface area contributed by atoms with Gasteiger partial charge in [0.25, 0.3) is 5.91 Å². The van der Waals surface area contributed by atoms with Crippen LogP contribution in [0.15, 0.2) is 24.3 Å². The highest BCUT2D eigenvalue weighted by molar-refractivity contribution is 6.06. The summed E-state index contributed by atoms with van der Waals surface area (Å²) in [6, 6.07) is 6.17. The largest absolute Gasteiger partial charge is 0.350 e. The number of pyridine rings is 1. The maximum absolute atomic E-state index is 13.5. The zero-order valence-electron chi connectivity index (χ0n) is 14.2. The monoisotopic (exact) mass is 344 g/mol. The Kier molecular flexibility index (Phi) is 4.39. The number of rotatable bonds is 2. The average molecular weight is 344 g/mol. The Morgan fingerprint density at radius 2 is 1.92 bits per heavy atom. The first-order valence-electron chi connectivity index (χ1n) is 8.71.